The van der Waals surface area contributed by atoms with E-state index in [9.17, 15) is 0 Å². The third-order valence-corrected chi connectivity index (χ3v) is 4.28. The molecule has 0 bridgehead atoms. The Labute approximate surface area is 145 Å². The maximum absolute atomic E-state index is 4.78. The normalized spacial score (nSPS) is 10.4. The highest BCUT2D eigenvalue weighted by atomic mass is 79.9. The molecule has 0 saturated heterocycles. The van der Waals surface area contributed by atoms with Crippen molar-refractivity contribution in [3.63, 3.8) is 0 Å². The van der Waals surface area contributed by atoms with E-state index in [0.717, 1.165) is 21.5 Å². The number of hydrogen-bond acceptors (Lipinski definition) is 2. The van der Waals surface area contributed by atoms with Crippen molar-refractivity contribution >= 4 is 50.7 Å². The topological polar surface area (TPSA) is 24.9 Å². The summed E-state index contributed by atoms with van der Waals surface area (Å²) < 4.78 is 1.03. The number of nitrogens with zero attached hydrogens (tertiary/aromatic N) is 1. The van der Waals surface area contributed by atoms with E-state index in [-0.39, 0.29) is 12.4 Å². The highest BCUT2D eigenvalue weighted by molar-refractivity contribution is 9.10. The third-order valence-electron chi connectivity index (χ3n) is 3.59. The van der Waals surface area contributed by atoms with E-state index >= 15 is 0 Å². The van der Waals surface area contributed by atoms with Crippen LogP contribution in [0, 0.1) is 20.8 Å². The van der Waals surface area contributed by atoms with Gasteiger partial charge in [-0.25, -0.2) is 4.98 Å². The van der Waals surface area contributed by atoms with E-state index in [1.54, 1.807) is 0 Å². The maximum Gasteiger partial charge on any atom is 0.131 e. The molecule has 0 amide bonds. The van der Waals surface area contributed by atoms with E-state index < -0.39 is 0 Å². The zero-order valence-corrected chi connectivity index (χ0v) is 15.2. The maximum atomic E-state index is 4.78. The molecule has 114 valence electrons. The van der Waals surface area contributed by atoms with Crippen LogP contribution in [0.4, 0.5) is 11.5 Å². The van der Waals surface area contributed by atoms with Crippen LogP contribution in [0.5, 0.6) is 0 Å². The van der Waals surface area contributed by atoms with Crippen LogP contribution in [0.2, 0.25) is 0 Å². The molecular formula is C18H18BrClN2. The summed E-state index contributed by atoms with van der Waals surface area (Å²) in [4.78, 5) is 4.78. The summed E-state index contributed by atoms with van der Waals surface area (Å²) in [5.41, 5.74) is 5.81. The zero-order valence-electron chi connectivity index (χ0n) is 12.8. The minimum atomic E-state index is 0. The molecule has 0 unspecified atom stereocenters. The smallest absolute Gasteiger partial charge is 0.131 e. The van der Waals surface area contributed by atoms with Crippen molar-refractivity contribution < 1.29 is 0 Å². The average molecular weight is 378 g/mol. The first-order valence-electron chi connectivity index (χ1n) is 6.95. The van der Waals surface area contributed by atoms with E-state index in [1.165, 1.54) is 22.1 Å². The summed E-state index contributed by atoms with van der Waals surface area (Å²) >= 11 is 3.56. The number of aromatic nitrogens is 1. The first-order chi connectivity index (χ1) is 10.0. The van der Waals surface area contributed by atoms with Gasteiger partial charge in [0.05, 0.1) is 11.2 Å². The molecule has 0 atom stereocenters. The molecule has 1 N–H and O–H groups in total. The molecule has 4 heteroatoms. The Balaban J connectivity index is 0.00000176. The predicted molar refractivity (Wildman–Crippen MR) is 101 cm³/mol. The molecule has 0 spiro atoms. The quantitative estimate of drug-likeness (QED) is 0.584. The minimum Gasteiger partial charge on any atom is -0.339 e. The number of para-hydroxylation sites is 1. The van der Waals surface area contributed by atoms with Crippen LogP contribution in [0.25, 0.3) is 10.9 Å². The Morgan fingerprint density at radius 2 is 1.68 bits per heavy atom. The van der Waals surface area contributed by atoms with Crippen molar-refractivity contribution in [1.29, 1.82) is 0 Å². The molecule has 0 aliphatic rings. The van der Waals surface area contributed by atoms with Crippen molar-refractivity contribution in [3.8, 4) is 0 Å². The Hall–Kier alpha value is -1.58. The van der Waals surface area contributed by atoms with Gasteiger partial charge in [-0.3, -0.25) is 0 Å². The molecule has 0 saturated carbocycles. The molecule has 0 fully saturated rings. The Kier molecular flexibility index (Phi) is 5.09. The second kappa shape index (κ2) is 6.67. The molecule has 0 aliphatic heterocycles. The lowest BCUT2D eigenvalue weighted by molar-refractivity contribution is 1.30. The lowest BCUT2D eigenvalue weighted by Gasteiger charge is -2.12. The summed E-state index contributed by atoms with van der Waals surface area (Å²) in [6.07, 6.45) is 0. The van der Waals surface area contributed by atoms with E-state index in [0.29, 0.717) is 0 Å². The average Bonchev–Trinajstić information content (AvgIpc) is 2.43. The SMILES string of the molecule is Cc1cc(C)c2nc(Nc3ccccc3Br)cc(C)c2c1.Cl. The molecule has 1 heterocycles. The molecule has 22 heavy (non-hydrogen) atoms. The molecule has 2 nitrogen and oxygen atoms in total. The molecular weight excluding hydrogens is 360 g/mol. The largest absolute Gasteiger partial charge is 0.339 e. The molecule has 3 rings (SSSR count). The first-order valence-corrected chi connectivity index (χ1v) is 7.74. The van der Waals surface area contributed by atoms with Gasteiger partial charge < -0.3 is 5.32 Å². The van der Waals surface area contributed by atoms with Gasteiger partial charge in [0.25, 0.3) is 0 Å². The fourth-order valence-corrected chi connectivity index (χ4v) is 2.99. The number of nitrogens with one attached hydrogen (secondary N) is 1. The van der Waals surface area contributed by atoms with Gasteiger partial charge in [-0.15, -0.1) is 12.4 Å². The Bertz CT molecular complexity index is 831. The Morgan fingerprint density at radius 3 is 2.41 bits per heavy atom. The molecule has 1 aromatic heterocycles. The molecule has 2 aromatic carbocycles. The van der Waals surface area contributed by atoms with Crippen molar-refractivity contribution in [2.45, 2.75) is 20.8 Å². The summed E-state index contributed by atoms with van der Waals surface area (Å²) in [6, 6.07) is 14.5. The number of halogens is 2. The molecule has 0 aliphatic carbocycles. The van der Waals surface area contributed by atoms with E-state index in [2.05, 4.69) is 60.2 Å². The monoisotopic (exact) mass is 376 g/mol. The van der Waals surface area contributed by atoms with E-state index in [1.807, 2.05) is 24.3 Å². The fourth-order valence-electron chi connectivity index (χ4n) is 2.61. The second-order valence-electron chi connectivity index (χ2n) is 5.41. The van der Waals surface area contributed by atoms with Crippen LogP contribution in [0.15, 0.2) is 46.9 Å². The van der Waals surface area contributed by atoms with Crippen molar-refractivity contribution in [1.82, 2.24) is 4.98 Å². The zero-order chi connectivity index (χ0) is 15.0. The summed E-state index contributed by atoms with van der Waals surface area (Å²) in [5, 5.41) is 4.62. The predicted octanol–water partition coefficient (Wildman–Crippen LogP) is 6.09. The first kappa shape index (κ1) is 16.8. The third kappa shape index (κ3) is 3.26. The second-order valence-corrected chi connectivity index (χ2v) is 6.26. The fraction of sp³-hybridized carbons (Fsp3) is 0.167. The standard InChI is InChI=1S/C18H17BrN2.ClH/c1-11-8-13(3)18-14(9-11)12(2)10-17(21-18)20-16-7-5-4-6-15(16)19;/h4-10H,1-3H3,(H,20,21);1H. The van der Waals surface area contributed by atoms with Gasteiger partial charge in [-0.2, -0.15) is 0 Å². The number of hydrogen-bond donors (Lipinski definition) is 1. The lowest BCUT2D eigenvalue weighted by atomic mass is 10.0. The van der Waals surface area contributed by atoms with Gasteiger partial charge in [0, 0.05) is 9.86 Å². The number of anilines is 2. The van der Waals surface area contributed by atoms with Gasteiger partial charge in [0.2, 0.25) is 0 Å². The van der Waals surface area contributed by atoms with Gasteiger partial charge in [-0.05, 0) is 72.1 Å². The van der Waals surface area contributed by atoms with Crippen LogP contribution in [-0.4, -0.2) is 4.98 Å². The van der Waals surface area contributed by atoms with Crippen molar-refractivity contribution in [2.75, 3.05) is 5.32 Å². The summed E-state index contributed by atoms with van der Waals surface area (Å²) in [6.45, 7) is 6.37. The van der Waals surface area contributed by atoms with Gasteiger partial charge in [0.1, 0.15) is 5.82 Å². The minimum absolute atomic E-state index is 0. The summed E-state index contributed by atoms with van der Waals surface area (Å²) in [7, 11) is 0. The molecule has 0 radical (unpaired) electrons. The lowest BCUT2D eigenvalue weighted by Crippen LogP contribution is -1.97. The number of benzene rings is 2. The van der Waals surface area contributed by atoms with Crippen LogP contribution in [-0.2, 0) is 0 Å². The highest BCUT2D eigenvalue weighted by Crippen LogP contribution is 2.28. The molecule has 3 aromatic rings. The van der Waals surface area contributed by atoms with Crippen molar-refractivity contribution in [2.24, 2.45) is 0 Å². The van der Waals surface area contributed by atoms with Gasteiger partial charge in [0.15, 0.2) is 0 Å². The van der Waals surface area contributed by atoms with Crippen LogP contribution in [0.1, 0.15) is 16.7 Å². The van der Waals surface area contributed by atoms with Gasteiger partial charge in [-0.1, -0.05) is 23.8 Å². The van der Waals surface area contributed by atoms with Crippen LogP contribution in [0.3, 0.4) is 0 Å². The highest BCUT2D eigenvalue weighted by Gasteiger charge is 2.07. The number of fused-ring (bicyclic) bond motifs is 1. The number of rotatable bonds is 2. The van der Waals surface area contributed by atoms with Crippen molar-refractivity contribution in [3.05, 3.63) is 63.6 Å². The Morgan fingerprint density at radius 1 is 0.955 bits per heavy atom. The van der Waals surface area contributed by atoms with Crippen LogP contribution < -0.4 is 5.32 Å². The van der Waals surface area contributed by atoms with E-state index in [4.69, 9.17) is 4.98 Å². The number of aryl methyl sites for hydroxylation is 3. The number of pyridine rings is 1. The van der Waals surface area contributed by atoms with Gasteiger partial charge >= 0.3 is 0 Å². The summed E-state index contributed by atoms with van der Waals surface area (Å²) in [5.74, 6) is 0.874. The van der Waals surface area contributed by atoms with Crippen LogP contribution >= 0.6 is 28.3 Å².